The minimum Gasteiger partial charge on any atom is -0.329 e. The van der Waals surface area contributed by atoms with E-state index in [1.165, 1.54) is 6.07 Å². The summed E-state index contributed by atoms with van der Waals surface area (Å²) in [5, 5.41) is 4.35. The van der Waals surface area contributed by atoms with Crippen molar-refractivity contribution in [3.05, 3.63) is 53.1 Å². The van der Waals surface area contributed by atoms with E-state index < -0.39 is 0 Å². The van der Waals surface area contributed by atoms with Gasteiger partial charge in [-0.3, -0.25) is 9.58 Å². The Morgan fingerprint density at radius 2 is 2.10 bits per heavy atom. The second-order valence-electron chi connectivity index (χ2n) is 5.10. The maximum Gasteiger partial charge on any atom is 0.127 e. The fourth-order valence-electron chi connectivity index (χ4n) is 2.49. The molecular weight excluding hydrogens is 255 g/mol. The summed E-state index contributed by atoms with van der Waals surface area (Å²) in [6, 6.07) is 6.86. The molecule has 20 heavy (non-hydrogen) atoms. The third-order valence-electron chi connectivity index (χ3n) is 3.54. The highest BCUT2D eigenvalue weighted by Crippen LogP contribution is 2.23. The molecule has 108 valence electrons. The zero-order valence-corrected chi connectivity index (χ0v) is 12.2. The highest BCUT2D eigenvalue weighted by Gasteiger charge is 2.20. The Bertz CT molecular complexity index is 579. The molecule has 4 nitrogen and oxygen atoms in total. The zero-order valence-electron chi connectivity index (χ0n) is 12.2. The molecule has 0 aliphatic rings. The van der Waals surface area contributed by atoms with Gasteiger partial charge in [-0.1, -0.05) is 18.2 Å². The molecule has 0 saturated heterocycles. The topological polar surface area (TPSA) is 47.1 Å². The quantitative estimate of drug-likeness (QED) is 0.908. The number of hydrogen-bond acceptors (Lipinski definition) is 3. The van der Waals surface area contributed by atoms with Crippen LogP contribution in [0.4, 0.5) is 4.39 Å². The Labute approximate surface area is 119 Å². The fraction of sp³-hybridized carbons (Fsp3) is 0.400. The molecule has 0 spiro atoms. The van der Waals surface area contributed by atoms with E-state index in [0.717, 1.165) is 11.3 Å². The molecule has 5 heteroatoms. The summed E-state index contributed by atoms with van der Waals surface area (Å²) >= 11 is 0. The predicted molar refractivity (Wildman–Crippen MR) is 77.6 cm³/mol. The van der Waals surface area contributed by atoms with E-state index in [2.05, 4.69) is 10.00 Å². The van der Waals surface area contributed by atoms with Crippen LogP contribution in [0.3, 0.4) is 0 Å². The highest BCUT2D eigenvalue weighted by atomic mass is 19.1. The summed E-state index contributed by atoms with van der Waals surface area (Å²) in [4.78, 5) is 2.06. The van der Waals surface area contributed by atoms with Crippen molar-refractivity contribution in [2.45, 2.75) is 19.5 Å². The number of halogens is 1. The average Bonchev–Trinajstić information content (AvgIpc) is 2.72. The van der Waals surface area contributed by atoms with E-state index in [9.17, 15) is 4.39 Å². The lowest BCUT2D eigenvalue weighted by Gasteiger charge is -2.27. The Morgan fingerprint density at radius 1 is 1.40 bits per heavy atom. The smallest absolute Gasteiger partial charge is 0.127 e. The van der Waals surface area contributed by atoms with Crippen LogP contribution in [0.2, 0.25) is 0 Å². The molecular formula is C15H21FN4. The van der Waals surface area contributed by atoms with E-state index in [1.807, 2.05) is 33.3 Å². The van der Waals surface area contributed by atoms with Crippen LogP contribution >= 0.6 is 0 Å². The van der Waals surface area contributed by atoms with E-state index in [1.54, 1.807) is 16.8 Å². The minimum absolute atomic E-state index is 0.0308. The third kappa shape index (κ3) is 3.05. The number of benzene rings is 1. The number of rotatable bonds is 5. The van der Waals surface area contributed by atoms with Gasteiger partial charge in [-0.25, -0.2) is 4.39 Å². The maximum atomic E-state index is 13.7. The first-order valence-electron chi connectivity index (χ1n) is 6.66. The fourth-order valence-corrected chi connectivity index (χ4v) is 2.49. The van der Waals surface area contributed by atoms with Crippen LogP contribution in [0.15, 0.2) is 30.5 Å². The minimum atomic E-state index is -0.182. The van der Waals surface area contributed by atoms with Gasteiger partial charge < -0.3 is 5.73 Å². The van der Waals surface area contributed by atoms with Crippen molar-refractivity contribution in [3.8, 4) is 0 Å². The number of hydrogen-bond donors (Lipinski definition) is 1. The molecule has 0 saturated carbocycles. The molecule has 2 rings (SSSR count). The summed E-state index contributed by atoms with van der Waals surface area (Å²) < 4.78 is 15.5. The van der Waals surface area contributed by atoms with Crippen molar-refractivity contribution in [1.29, 1.82) is 0 Å². The molecule has 0 bridgehead atoms. The number of nitrogens with two attached hydrogens (primary N) is 1. The second kappa shape index (κ2) is 6.15. The zero-order chi connectivity index (χ0) is 14.7. The van der Waals surface area contributed by atoms with Crippen molar-refractivity contribution < 1.29 is 4.39 Å². The lowest BCUT2D eigenvalue weighted by Crippen LogP contribution is -2.30. The van der Waals surface area contributed by atoms with Gasteiger partial charge in [-0.05, 0) is 20.0 Å². The number of nitrogens with zero attached hydrogens (tertiary/aromatic N) is 3. The Morgan fingerprint density at radius 3 is 2.65 bits per heavy atom. The van der Waals surface area contributed by atoms with Crippen LogP contribution in [0.25, 0.3) is 0 Å². The van der Waals surface area contributed by atoms with Crippen molar-refractivity contribution in [2.75, 3.05) is 13.6 Å². The standard InChI is InChI=1S/C15H21FN4/c1-11-13(10-20(3)18-11)15(8-17)19(2)9-12-6-4-5-7-14(12)16/h4-7,10,15H,8-9,17H2,1-3H3. The van der Waals surface area contributed by atoms with Crippen molar-refractivity contribution in [3.63, 3.8) is 0 Å². The summed E-state index contributed by atoms with van der Waals surface area (Å²) in [5.41, 5.74) is 8.63. The molecule has 1 unspecified atom stereocenters. The molecule has 0 fully saturated rings. The van der Waals surface area contributed by atoms with Crippen molar-refractivity contribution in [1.82, 2.24) is 14.7 Å². The van der Waals surface area contributed by atoms with Gasteiger partial charge in [0.05, 0.1) is 11.7 Å². The molecule has 0 aliphatic carbocycles. The van der Waals surface area contributed by atoms with Crippen LogP contribution in [0, 0.1) is 12.7 Å². The molecule has 1 aromatic carbocycles. The van der Waals surface area contributed by atoms with Crippen LogP contribution < -0.4 is 5.73 Å². The van der Waals surface area contributed by atoms with Gasteiger partial charge >= 0.3 is 0 Å². The Hall–Kier alpha value is -1.72. The normalized spacial score (nSPS) is 12.9. The van der Waals surface area contributed by atoms with Crippen LogP contribution in [0.1, 0.15) is 22.9 Å². The second-order valence-corrected chi connectivity index (χ2v) is 5.10. The summed E-state index contributed by atoms with van der Waals surface area (Å²) in [5.74, 6) is -0.182. The molecule has 2 N–H and O–H groups in total. The Balaban J connectivity index is 2.20. The van der Waals surface area contributed by atoms with Crippen molar-refractivity contribution in [2.24, 2.45) is 12.8 Å². The highest BCUT2D eigenvalue weighted by molar-refractivity contribution is 5.22. The summed E-state index contributed by atoms with van der Waals surface area (Å²) in [6.45, 7) is 2.95. The van der Waals surface area contributed by atoms with Gasteiger partial charge in [0.15, 0.2) is 0 Å². The first-order valence-corrected chi connectivity index (χ1v) is 6.66. The number of likely N-dealkylation sites (N-methyl/N-ethyl adjacent to an activating group) is 1. The molecule has 2 aromatic rings. The monoisotopic (exact) mass is 276 g/mol. The summed E-state index contributed by atoms with van der Waals surface area (Å²) in [7, 11) is 3.84. The molecule has 0 amide bonds. The van der Waals surface area contributed by atoms with Gasteiger partial charge in [-0.15, -0.1) is 0 Å². The SMILES string of the molecule is Cc1nn(C)cc1C(CN)N(C)Cc1ccccc1F. The molecule has 1 aromatic heterocycles. The van der Waals surface area contributed by atoms with Gasteiger partial charge in [0, 0.05) is 37.5 Å². The van der Waals surface area contributed by atoms with E-state index in [-0.39, 0.29) is 11.9 Å². The number of aromatic nitrogens is 2. The first-order chi connectivity index (χ1) is 9.52. The van der Waals surface area contributed by atoms with Gasteiger partial charge in [0.1, 0.15) is 5.82 Å². The van der Waals surface area contributed by atoms with Crippen LogP contribution in [0.5, 0.6) is 0 Å². The van der Waals surface area contributed by atoms with Crippen LogP contribution in [-0.2, 0) is 13.6 Å². The van der Waals surface area contributed by atoms with Gasteiger partial charge in [-0.2, -0.15) is 5.10 Å². The average molecular weight is 276 g/mol. The maximum absolute atomic E-state index is 13.7. The predicted octanol–water partition coefficient (Wildman–Crippen LogP) is 2.00. The summed E-state index contributed by atoms with van der Waals surface area (Å²) in [6.07, 6.45) is 1.98. The third-order valence-corrected chi connectivity index (χ3v) is 3.54. The molecule has 0 aliphatic heterocycles. The van der Waals surface area contributed by atoms with E-state index in [0.29, 0.717) is 18.7 Å². The van der Waals surface area contributed by atoms with E-state index in [4.69, 9.17) is 5.73 Å². The van der Waals surface area contributed by atoms with Crippen molar-refractivity contribution >= 4 is 0 Å². The molecule has 0 radical (unpaired) electrons. The van der Waals surface area contributed by atoms with Gasteiger partial charge in [0.25, 0.3) is 0 Å². The largest absolute Gasteiger partial charge is 0.329 e. The lowest BCUT2D eigenvalue weighted by molar-refractivity contribution is 0.238. The molecule has 1 atom stereocenters. The Kier molecular flexibility index (Phi) is 4.52. The first kappa shape index (κ1) is 14.7. The van der Waals surface area contributed by atoms with E-state index >= 15 is 0 Å². The van der Waals surface area contributed by atoms with Crippen LogP contribution in [-0.4, -0.2) is 28.3 Å². The number of aryl methyl sites for hydroxylation is 2. The lowest BCUT2D eigenvalue weighted by atomic mass is 10.1. The van der Waals surface area contributed by atoms with Gasteiger partial charge in [0.2, 0.25) is 0 Å². The molecule has 1 heterocycles.